The Morgan fingerprint density at radius 1 is 1.53 bits per heavy atom. The third kappa shape index (κ3) is 1.45. The molecule has 2 rings (SSSR count). The Kier molecular flexibility index (Phi) is 2.12. The van der Waals surface area contributed by atoms with Gasteiger partial charge in [0.1, 0.15) is 0 Å². The lowest BCUT2D eigenvalue weighted by Crippen LogP contribution is -2.20. The Morgan fingerprint density at radius 3 is 2.60 bits per heavy atom. The summed E-state index contributed by atoms with van der Waals surface area (Å²) in [5, 5.41) is 9.88. The second kappa shape index (κ2) is 3.10. The number of methoxy groups -OCH3 is 1. The molecule has 82 valence electrons. The molecule has 0 aromatic heterocycles. The summed E-state index contributed by atoms with van der Waals surface area (Å²) in [7, 11) is 1.33. The zero-order valence-corrected chi connectivity index (χ0v) is 8.80. The van der Waals surface area contributed by atoms with Gasteiger partial charge in [0.25, 0.3) is 0 Å². The van der Waals surface area contributed by atoms with Crippen molar-refractivity contribution in [1.29, 1.82) is 0 Å². The molecule has 0 atom stereocenters. The smallest absolute Gasteiger partial charge is 0.196 e. The van der Waals surface area contributed by atoms with E-state index in [4.69, 9.17) is 10.5 Å². The van der Waals surface area contributed by atoms with E-state index in [2.05, 4.69) is 0 Å². The van der Waals surface area contributed by atoms with E-state index in [-0.39, 0.29) is 11.5 Å². The first-order chi connectivity index (χ1) is 6.99. The number of halogens is 1. The highest BCUT2D eigenvalue weighted by Gasteiger charge is 2.44. The lowest BCUT2D eigenvalue weighted by molar-refractivity contribution is 0.345. The first-order valence-electron chi connectivity index (χ1n) is 4.85. The number of benzene rings is 1. The van der Waals surface area contributed by atoms with Crippen LogP contribution >= 0.6 is 0 Å². The lowest BCUT2D eigenvalue weighted by Gasteiger charge is -2.17. The van der Waals surface area contributed by atoms with Crippen molar-refractivity contribution in [2.75, 3.05) is 7.11 Å². The van der Waals surface area contributed by atoms with Crippen molar-refractivity contribution in [2.24, 2.45) is 5.73 Å². The molecule has 1 saturated carbocycles. The number of hydrogen-bond acceptors (Lipinski definition) is 3. The minimum absolute atomic E-state index is 0.118. The number of rotatable bonds is 2. The Labute approximate surface area is 87.7 Å². The van der Waals surface area contributed by atoms with E-state index < -0.39 is 11.4 Å². The number of phenols is 1. The van der Waals surface area contributed by atoms with Gasteiger partial charge in [-0.15, -0.1) is 0 Å². The summed E-state index contributed by atoms with van der Waals surface area (Å²) < 4.78 is 18.2. The summed E-state index contributed by atoms with van der Waals surface area (Å²) in [5.74, 6) is -0.831. The zero-order chi connectivity index (χ0) is 11.2. The highest BCUT2D eigenvalue weighted by molar-refractivity contribution is 5.55. The molecule has 1 aromatic carbocycles. The van der Waals surface area contributed by atoms with Crippen molar-refractivity contribution >= 4 is 0 Å². The summed E-state index contributed by atoms with van der Waals surface area (Å²) in [6.07, 6.45) is 1.63. The van der Waals surface area contributed by atoms with Gasteiger partial charge in [0.15, 0.2) is 17.3 Å². The van der Waals surface area contributed by atoms with Crippen molar-refractivity contribution in [1.82, 2.24) is 0 Å². The monoisotopic (exact) mass is 211 g/mol. The molecule has 0 unspecified atom stereocenters. The number of ether oxygens (including phenoxy) is 1. The normalized spacial score (nSPS) is 17.6. The molecular formula is C11H14FNO2. The maximum Gasteiger partial charge on any atom is 0.196 e. The van der Waals surface area contributed by atoms with Crippen LogP contribution in [-0.4, -0.2) is 12.2 Å². The standard InChI is InChI=1S/C11H14FNO2/c1-6-5-7(12)10(15-2)9(14)8(6)11(13)3-4-11/h5,14H,3-4,13H2,1-2H3. The predicted octanol–water partition coefficient (Wildman–Crippen LogP) is 1.80. The minimum atomic E-state index is -0.555. The fourth-order valence-electron chi connectivity index (χ4n) is 1.95. The van der Waals surface area contributed by atoms with Crippen molar-refractivity contribution in [3.63, 3.8) is 0 Å². The molecule has 1 aliphatic rings. The molecule has 3 N–H and O–H groups in total. The summed E-state index contributed by atoms with van der Waals surface area (Å²) in [5.41, 5.74) is 6.80. The molecule has 0 saturated heterocycles. The van der Waals surface area contributed by atoms with Gasteiger partial charge >= 0.3 is 0 Å². The maximum absolute atomic E-state index is 13.4. The first kappa shape index (κ1) is 10.2. The van der Waals surface area contributed by atoms with Crippen molar-refractivity contribution < 1.29 is 14.2 Å². The molecule has 0 aliphatic heterocycles. The molecule has 0 amide bonds. The van der Waals surface area contributed by atoms with Gasteiger partial charge in [-0.1, -0.05) is 0 Å². The van der Waals surface area contributed by atoms with Crippen LogP contribution in [0, 0.1) is 12.7 Å². The molecule has 1 fully saturated rings. The summed E-state index contributed by atoms with van der Waals surface area (Å²) >= 11 is 0. The SMILES string of the molecule is COc1c(F)cc(C)c(C2(N)CC2)c1O. The zero-order valence-electron chi connectivity index (χ0n) is 8.80. The van der Waals surface area contributed by atoms with Crippen LogP contribution in [0.1, 0.15) is 24.0 Å². The van der Waals surface area contributed by atoms with Crippen molar-refractivity contribution in [2.45, 2.75) is 25.3 Å². The number of aromatic hydroxyl groups is 1. The van der Waals surface area contributed by atoms with Gasteiger partial charge < -0.3 is 15.6 Å². The Morgan fingerprint density at radius 2 is 2.13 bits per heavy atom. The summed E-state index contributed by atoms with van der Waals surface area (Å²) in [6.45, 7) is 1.74. The average Bonchev–Trinajstić information content (AvgIpc) is 2.83. The minimum Gasteiger partial charge on any atom is -0.504 e. The van der Waals surface area contributed by atoms with Crippen LogP contribution in [-0.2, 0) is 5.54 Å². The van der Waals surface area contributed by atoms with Crippen LogP contribution in [0.25, 0.3) is 0 Å². The van der Waals surface area contributed by atoms with Gasteiger partial charge in [-0.05, 0) is 31.4 Å². The molecule has 1 aliphatic carbocycles. The van der Waals surface area contributed by atoms with E-state index >= 15 is 0 Å². The second-order valence-electron chi connectivity index (χ2n) is 4.09. The number of hydrogen-bond donors (Lipinski definition) is 2. The van der Waals surface area contributed by atoms with E-state index in [9.17, 15) is 9.50 Å². The number of nitrogens with two attached hydrogens (primary N) is 1. The molecule has 0 bridgehead atoms. The van der Waals surface area contributed by atoms with Gasteiger partial charge in [0.05, 0.1) is 7.11 Å². The van der Waals surface area contributed by atoms with Crippen molar-refractivity contribution in [3.8, 4) is 11.5 Å². The average molecular weight is 211 g/mol. The molecule has 0 radical (unpaired) electrons. The van der Waals surface area contributed by atoms with E-state index in [1.807, 2.05) is 0 Å². The van der Waals surface area contributed by atoms with E-state index in [0.29, 0.717) is 11.1 Å². The van der Waals surface area contributed by atoms with Crippen molar-refractivity contribution in [3.05, 3.63) is 23.0 Å². The molecule has 0 spiro atoms. The van der Waals surface area contributed by atoms with Gasteiger partial charge in [-0.2, -0.15) is 0 Å². The Hall–Kier alpha value is -1.29. The molecule has 15 heavy (non-hydrogen) atoms. The van der Waals surface area contributed by atoms with Crippen LogP contribution in [0.15, 0.2) is 6.07 Å². The fourth-order valence-corrected chi connectivity index (χ4v) is 1.95. The predicted molar refractivity (Wildman–Crippen MR) is 54.5 cm³/mol. The molecule has 4 heteroatoms. The highest BCUT2D eigenvalue weighted by Crippen LogP contribution is 2.50. The summed E-state index contributed by atoms with van der Waals surface area (Å²) in [6, 6.07) is 1.35. The molecular weight excluding hydrogens is 197 g/mol. The quantitative estimate of drug-likeness (QED) is 0.784. The number of phenolic OH excluding ortho intramolecular Hbond substituents is 1. The molecule has 0 heterocycles. The Bertz CT molecular complexity index is 414. The van der Waals surface area contributed by atoms with Crippen LogP contribution < -0.4 is 10.5 Å². The van der Waals surface area contributed by atoms with Crippen LogP contribution in [0.2, 0.25) is 0 Å². The lowest BCUT2D eigenvalue weighted by atomic mass is 9.98. The first-order valence-corrected chi connectivity index (χ1v) is 4.85. The maximum atomic E-state index is 13.4. The summed E-state index contributed by atoms with van der Waals surface area (Å²) in [4.78, 5) is 0. The molecule has 1 aromatic rings. The van der Waals surface area contributed by atoms with E-state index in [0.717, 1.165) is 12.8 Å². The largest absolute Gasteiger partial charge is 0.504 e. The highest BCUT2D eigenvalue weighted by atomic mass is 19.1. The number of aryl methyl sites for hydroxylation is 1. The van der Waals surface area contributed by atoms with Gasteiger partial charge in [-0.3, -0.25) is 0 Å². The fraction of sp³-hybridized carbons (Fsp3) is 0.455. The second-order valence-corrected chi connectivity index (χ2v) is 4.09. The Balaban J connectivity index is 2.64. The third-order valence-electron chi connectivity index (χ3n) is 2.90. The van der Waals surface area contributed by atoms with Crippen LogP contribution in [0.3, 0.4) is 0 Å². The van der Waals surface area contributed by atoms with E-state index in [1.54, 1.807) is 6.92 Å². The van der Waals surface area contributed by atoms with Gasteiger partial charge in [-0.25, -0.2) is 4.39 Å². The third-order valence-corrected chi connectivity index (χ3v) is 2.90. The van der Waals surface area contributed by atoms with Gasteiger partial charge in [0.2, 0.25) is 0 Å². The van der Waals surface area contributed by atoms with E-state index in [1.165, 1.54) is 13.2 Å². The molecule has 3 nitrogen and oxygen atoms in total. The van der Waals surface area contributed by atoms with Crippen LogP contribution in [0.5, 0.6) is 11.5 Å². The van der Waals surface area contributed by atoms with Gasteiger partial charge in [0, 0.05) is 11.1 Å². The topological polar surface area (TPSA) is 55.5 Å². The van der Waals surface area contributed by atoms with Crippen LogP contribution in [0.4, 0.5) is 4.39 Å².